The van der Waals surface area contributed by atoms with Crippen LogP contribution in [0.1, 0.15) is 5.56 Å². The molecule has 0 unspecified atom stereocenters. The zero-order valence-electron chi connectivity index (χ0n) is 10.2. The molecule has 0 saturated carbocycles. The van der Waals surface area contributed by atoms with Crippen LogP contribution in [0.3, 0.4) is 0 Å². The van der Waals surface area contributed by atoms with Gasteiger partial charge in [0.1, 0.15) is 6.61 Å². The van der Waals surface area contributed by atoms with Gasteiger partial charge >= 0.3 is 0 Å². The van der Waals surface area contributed by atoms with Gasteiger partial charge < -0.3 is 10.5 Å². The van der Waals surface area contributed by atoms with Gasteiger partial charge in [0, 0.05) is 0 Å². The van der Waals surface area contributed by atoms with Gasteiger partial charge in [-0.25, -0.2) is 8.78 Å². The fourth-order valence-corrected chi connectivity index (χ4v) is 1.62. The monoisotopic (exact) mass is 280 g/mol. The van der Waals surface area contributed by atoms with Gasteiger partial charge in [-0.3, -0.25) is 10.1 Å². The lowest BCUT2D eigenvalue weighted by Gasteiger charge is -2.10. The van der Waals surface area contributed by atoms with Crippen molar-refractivity contribution in [1.82, 2.24) is 0 Å². The van der Waals surface area contributed by atoms with Gasteiger partial charge in [0.2, 0.25) is 0 Å². The first-order valence-electron chi connectivity index (χ1n) is 5.59. The molecule has 0 aliphatic heterocycles. The van der Waals surface area contributed by atoms with Crippen molar-refractivity contribution in [2.75, 3.05) is 5.73 Å². The molecule has 7 heteroatoms. The molecular weight excluding hydrogens is 270 g/mol. The summed E-state index contributed by atoms with van der Waals surface area (Å²) in [5, 5.41) is 10.6. The van der Waals surface area contributed by atoms with E-state index in [4.69, 9.17) is 10.5 Å². The summed E-state index contributed by atoms with van der Waals surface area (Å²) in [7, 11) is 0. The number of nitrogen functional groups attached to an aromatic ring is 1. The highest BCUT2D eigenvalue weighted by atomic mass is 19.1. The predicted octanol–water partition coefficient (Wildman–Crippen LogP) is 3.03. The molecule has 2 rings (SSSR count). The second-order valence-corrected chi connectivity index (χ2v) is 3.97. The number of hydrogen-bond donors (Lipinski definition) is 1. The second kappa shape index (κ2) is 5.52. The van der Waals surface area contributed by atoms with E-state index in [-0.39, 0.29) is 6.61 Å². The van der Waals surface area contributed by atoms with Crippen LogP contribution in [0.4, 0.5) is 20.2 Å². The molecule has 0 atom stereocenters. The molecule has 20 heavy (non-hydrogen) atoms. The van der Waals surface area contributed by atoms with E-state index in [0.29, 0.717) is 11.6 Å². The smallest absolute Gasteiger partial charge is 0.298 e. The van der Waals surface area contributed by atoms with Crippen molar-refractivity contribution >= 4 is 11.4 Å². The molecule has 0 bridgehead atoms. The number of nitrogens with zero attached hydrogens (tertiary/aromatic N) is 1. The van der Waals surface area contributed by atoms with E-state index in [2.05, 4.69) is 0 Å². The summed E-state index contributed by atoms with van der Waals surface area (Å²) in [6.45, 7) is -0.0774. The van der Waals surface area contributed by atoms with Crippen molar-refractivity contribution in [2.45, 2.75) is 6.61 Å². The van der Waals surface area contributed by atoms with Gasteiger partial charge in [-0.1, -0.05) is 30.3 Å². The molecular formula is C13H10F2N2O3. The highest BCUT2D eigenvalue weighted by molar-refractivity contribution is 5.62. The quantitative estimate of drug-likeness (QED) is 0.530. The van der Waals surface area contributed by atoms with Crippen LogP contribution in [0.2, 0.25) is 0 Å². The normalized spacial score (nSPS) is 10.3. The number of benzene rings is 2. The van der Waals surface area contributed by atoms with Crippen LogP contribution in [0, 0.1) is 21.7 Å². The van der Waals surface area contributed by atoms with Crippen molar-refractivity contribution in [3.8, 4) is 5.75 Å². The first-order valence-corrected chi connectivity index (χ1v) is 5.59. The fourth-order valence-electron chi connectivity index (χ4n) is 1.62. The molecule has 0 aromatic heterocycles. The van der Waals surface area contributed by atoms with Gasteiger partial charge in [0.25, 0.3) is 5.69 Å². The summed E-state index contributed by atoms with van der Waals surface area (Å²) in [6.07, 6.45) is 0. The molecule has 2 aromatic rings. The Morgan fingerprint density at radius 2 is 1.90 bits per heavy atom. The van der Waals surface area contributed by atoms with E-state index in [1.54, 1.807) is 30.3 Å². The van der Waals surface area contributed by atoms with E-state index in [0.717, 1.165) is 0 Å². The predicted molar refractivity (Wildman–Crippen MR) is 68.2 cm³/mol. The first-order chi connectivity index (χ1) is 9.50. The summed E-state index contributed by atoms with van der Waals surface area (Å²) in [4.78, 5) is 9.61. The molecule has 2 N–H and O–H groups in total. The van der Waals surface area contributed by atoms with E-state index >= 15 is 0 Å². The number of ether oxygens (including phenoxy) is 1. The molecule has 2 aromatic carbocycles. The Morgan fingerprint density at radius 1 is 1.25 bits per heavy atom. The molecule has 0 heterocycles. The van der Waals surface area contributed by atoms with Crippen molar-refractivity contribution in [3.63, 3.8) is 0 Å². The van der Waals surface area contributed by atoms with Gasteiger partial charge in [-0.2, -0.15) is 0 Å². The Morgan fingerprint density at radius 3 is 2.50 bits per heavy atom. The van der Waals surface area contributed by atoms with Crippen molar-refractivity contribution in [2.24, 2.45) is 0 Å². The topological polar surface area (TPSA) is 78.4 Å². The minimum absolute atomic E-state index is 0.0774. The number of anilines is 1. The van der Waals surface area contributed by atoms with E-state index in [1.165, 1.54) is 0 Å². The Bertz CT molecular complexity index is 648. The summed E-state index contributed by atoms with van der Waals surface area (Å²) >= 11 is 0. The summed E-state index contributed by atoms with van der Waals surface area (Å²) in [6, 6.07) is 9.24. The average Bonchev–Trinajstić information content (AvgIpc) is 2.43. The molecule has 0 aliphatic rings. The van der Waals surface area contributed by atoms with Crippen molar-refractivity contribution in [1.29, 1.82) is 0 Å². The second-order valence-electron chi connectivity index (χ2n) is 3.97. The van der Waals surface area contributed by atoms with Crippen molar-refractivity contribution < 1.29 is 18.4 Å². The average molecular weight is 280 g/mol. The van der Waals surface area contributed by atoms with E-state index in [1.807, 2.05) is 0 Å². The summed E-state index contributed by atoms with van der Waals surface area (Å²) in [5.74, 6) is -3.16. The Hall–Kier alpha value is -2.70. The van der Waals surface area contributed by atoms with Crippen LogP contribution in [0.25, 0.3) is 0 Å². The first kappa shape index (κ1) is 13.7. The molecule has 0 fully saturated rings. The number of nitrogens with two attached hydrogens (primary N) is 1. The highest BCUT2D eigenvalue weighted by Gasteiger charge is 2.24. The minimum atomic E-state index is -1.27. The largest absolute Gasteiger partial charge is 0.483 e. The minimum Gasteiger partial charge on any atom is -0.483 e. The zero-order valence-corrected chi connectivity index (χ0v) is 10.2. The van der Waals surface area contributed by atoms with Gasteiger partial charge in [0.15, 0.2) is 23.1 Å². The summed E-state index contributed by atoms with van der Waals surface area (Å²) < 4.78 is 32.4. The van der Waals surface area contributed by atoms with Gasteiger partial charge in [-0.05, 0) is 5.56 Å². The van der Waals surface area contributed by atoms with Crippen LogP contribution in [0.5, 0.6) is 5.75 Å². The molecule has 0 aliphatic carbocycles. The third-order valence-electron chi connectivity index (χ3n) is 2.61. The van der Waals surface area contributed by atoms with E-state index in [9.17, 15) is 18.9 Å². The maximum Gasteiger partial charge on any atom is 0.298 e. The summed E-state index contributed by atoms with van der Waals surface area (Å²) in [5.41, 5.74) is 4.38. The van der Waals surface area contributed by atoms with Gasteiger partial charge in [0.05, 0.1) is 11.0 Å². The lowest BCUT2D eigenvalue weighted by Crippen LogP contribution is -2.05. The molecule has 0 amide bonds. The van der Waals surface area contributed by atoms with Crippen LogP contribution < -0.4 is 10.5 Å². The third-order valence-corrected chi connectivity index (χ3v) is 2.61. The van der Waals surface area contributed by atoms with Crippen LogP contribution in [-0.4, -0.2) is 4.92 Å². The van der Waals surface area contributed by atoms with Gasteiger partial charge in [-0.15, -0.1) is 0 Å². The SMILES string of the molecule is Nc1c([N+](=O)[O-])cc(F)c(OCc2ccccc2)c1F. The molecule has 5 nitrogen and oxygen atoms in total. The lowest BCUT2D eigenvalue weighted by atomic mass is 10.2. The third kappa shape index (κ3) is 2.66. The molecule has 0 spiro atoms. The zero-order chi connectivity index (χ0) is 14.7. The lowest BCUT2D eigenvalue weighted by molar-refractivity contribution is -0.384. The van der Waals surface area contributed by atoms with Crippen molar-refractivity contribution in [3.05, 3.63) is 63.7 Å². The standard InChI is InChI=1S/C13H10F2N2O3/c14-9-6-10(17(18)19)12(16)11(15)13(9)20-7-8-4-2-1-3-5-8/h1-6H,7,16H2. The number of halogens is 2. The Labute approximate surface area is 112 Å². The molecule has 0 saturated heterocycles. The number of nitro groups is 1. The number of nitro benzene ring substituents is 1. The van der Waals surface area contributed by atoms with E-state index < -0.39 is 33.7 Å². The molecule has 0 radical (unpaired) electrons. The Kier molecular flexibility index (Phi) is 3.79. The highest BCUT2D eigenvalue weighted by Crippen LogP contribution is 2.34. The molecule has 104 valence electrons. The fraction of sp³-hybridized carbons (Fsp3) is 0.0769. The maximum absolute atomic E-state index is 13.8. The van der Waals surface area contributed by atoms with Crippen LogP contribution >= 0.6 is 0 Å². The number of hydrogen-bond acceptors (Lipinski definition) is 4. The van der Waals surface area contributed by atoms with Crippen LogP contribution in [-0.2, 0) is 6.61 Å². The van der Waals surface area contributed by atoms with Crippen LogP contribution in [0.15, 0.2) is 36.4 Å². The number of rotatable bonds is 4. The maximum atomic E-state index is 13.8. The Balaban J connectivity index is 2.29.